The minimum absolute atomic E-state index is 0.171. The molecule has 0 aromatic heterocycles. The van der Waals surface area contributed by atoms with Crippen molar-refractivity contribution in [3.05, 3.63) is 48.6 Å². The second-order valence-electron chi connectivity index (χ2n) is 4.38. The van der Waals surface area contributed by atoms with Crippen molar-refractivity contribution in [1.29, 1.82) is 0 Å². The highest BCUT2D eigenvalue weighted by Gasteiger charge is 2.32. The Bertz CT molecular complexity index is 534. The van der Waals surface area contributed by atoms with Crippen LogP contribution in [0, 0.1) is 0 Å². The number of sulfone groups is 1. The second-order valence-corrected chi connectivity index (χ2v) is 6.61. The van der Waals surface area contributed by atoms with Crippen LogP contribution in [0.5, 0.6) is 0 Å². The van der Waals surface area contributed by atoms with Crippen LogP contribution in [0.4, 0.5) is 0 Å². The zero-order valence-electron chi connectivity index (χ0n) is 11.6. The molecule has 1 aromatic carbocycles. The Morgan fingerprint density at radius 2 is 2.00 bits per heavy atom. The molecule has 4 nitrogen and oxygen atoms in total. The van der Waals surface area contributed by atoms with Gasteiger partial charge in [-0.1, -0.05) is 36.4 Å². The average molecular weight is 296 g/mol. The third-order valence-corrected chi connectivity index (χ3v) is 4.87. The summed E-state index contributed by atoms with van der Waals surface area (Å²) < 4.78 is 29.1. The van der Waals surface area contributed by atoms with E-state index in [0.29, 0.717) is 6.42 Å². The Balaban J connectivity index is 2.83. The summed E-state index contributed by atoms with van der Waals surface area (Å²) in [4.78, 5) is 11.9. The molecular formula is C15H20O4S. The van der Waals surface area contributed by atoms with Gasteiger partial charge in [-0.3, -0.25) is 4.79 Å². The van der Waals surface area contributed by atoms with Gasteiger partial charge in [0.05, 0.1) is 12.4 Å². The number of aryl methyl sites for hydroxylation is 1. The number of ether oxygens (including phenoxy) is 1. The van der Waals surface area contributed by atoms with Crippen molar-refractivity contribution >= 4 is 15.8 Å². The van der Waals surface area contributed by atoms with E-state index < -0.39 is 21.1 Å². The highest BCUT2D eigenvalue weighted by Crippen LogP contribution is 2.14. The number of esters is 1. The van der Waals surface area contributed by atoms with E-state index >= 15 is 0 Å². The third kappa shape index (κ3) is 4.81. The molecule has 1 aromatic rings. The van der Waals surface area contributed by atoms with Gasteiger partial charge >= 0.3 is 5.97 Å². The lowest BCUT2D eigenvalue weighted by Gasteiger charge is -2.15. The minimum atomic E-state index is -3.56. The minimum Gasteiger partial charge on any atom is -0.465 e. The SMILES string of the molecule is C=CCS(=O)(=O)C(CCc1ccccc1)C(=O)OCC. The van der Waals surface area contributed by atoms with Crippen molar-refractivity contribution in [3.63, 3.8) is 0 Å². The molecule has 0 heterocycles. The van der Waals surface area contributed by atoms with Crippen LogP contribution in [0.15, 0.2) is 43.0 Å². The van der Waals surface area contributed by atoms with Crippen LogP contribution in [0.2, 0.25) is 0 Å². The molecule has 0 aliphatic carbocycles. The van der Waals surface area contributed by atoms with Crippen molar-refractivity contribution < 1.29 is 17.9 Å². The number of hydrogen-bond acceptors (Lipinski definition) is 4. The van der Waals surface area contributed by atoms with Gasteiger partial charge in [0, 0.05) is 0 Å². The summed E-state index contributed by atoms with van der Waals surface area (Å²) in [6, 6.07) is 9.46. The van der Waals surface area contributed by atoms with Crippen molar-refractivity contribution in [3.8, 4) is 0 Å². The topological polar surface area (TPSA) is 60.4 Å². The number of carbonyl (C=O) groups excluding carboxylic acids is 1. The summed E-state index contributed by atoms with van der Waals surface area (Å²) in [5.41, 5.74) is 0.996. The Morgan fingerprint density at radius 3 is 2.55 bits per heavy atom. The Labute approximate surface area is 120 Å². The van der Waals surface area contributed by atoms with Gasteiger partial charge in [-0.05, 0) is 25.3 Å². The van der Waals surface area contributed by atoms with Crippen molar-refractivity contribution in [1.82, 2.24) is 0 Å². The molecule has 0 saturated heterocycles. The van der Waals surface area contributed by atoms with Gasteiger partial charge in [0.1, 0.15) is 0 Å². The maximum absolute atomic E-state index is 12.1. The zero-order chi connectivity index (χ0) is 15.0. The molecule has 20 heavy (non-hydrogen) atoms. The fourth-order valence-electron chi connectivity index (χ4n) is 1.90. The number of rotatable bonds is 8. The molecule has 0 fully saturated rings. The highest BCUT2D eigenvalue weighted by atomic mass is 32.2. The van der Waals surface area contributed by atoms with E-state index in [2.05, 4.69) is 6.58 Å². The summed E-state index contributed by atoms with van der Waals surface area (Å²) in [6.45, 7) is 5.25. The summed E-state index contributed by atoms with van der Waals surface area (Å²) >= 11 is 0. The Morgan fingerprint density at radius 1 is 1.35 bits per heavy atom. The molecule has 0 radical (unpaired) electrons. The molecule has 110 valence electrons. The van der Waals surface area contributed by atoms with Gasteiger partial charge in [-0.2, -0.15) is 0 Å². The molecule has 5 heteroatoms. The molecule has 0 aliphatic heterocycles. The molecule has 0 N–H and O–H groups in total. The summed E-state index contributed by atoms with van der Waals surface area (Å²) in [6.07, 6.45) is 2.03. The van der Waals surface area contributed by atoms with Gasteiger partial charge < -0.3 is 4.74 Å². The first kappa shape index (κ1) is 16.4. The number of hydrogen-bond donors (Lipinski definition) is 0. The van der Waals surface area contributed by atoms with Crippen molar-refractivity contribution in [2.75, 3.05) is 12.4 Å². The first-order chi connectivity index (χ1) is 9.51. The fourth-order valence-corrected chi connectivity index (χ4v) is 3.30. The van der Waals surface area contributed by atoms with Crippen LogP contribution in [-0.4, -0.2) is 32.0 Å². The van der Waals surface area contributed by atoms with Crippen LogP contribution < -0.4 is 0 Å². The maximum Gasteiger partial charge on any atom is 0.324 e. The van der Waals surface area contributed by atoms with Crippen LogP contribution >= 0.6 is 0 Å². The van der Waals surface area contributed by atoms with E-state index in [4.69, 9.17) is 4.74 Å². The van der Waals surface area contributed by atoms with Crippen LogP contribution in [-0.2, 0) is 25.8 Å². The third-order valence-electron chi connectivity index (χ3n) is 2.87. The van der Waals surface area contributed by atoms with Gasteiger partial charge in [0.15, 0.2) is 15.1 Å². The Kier molecular flexibility index (Phi) is 6.45. The van der Waals surface area contributed by atoms with E-state index in [0.717, 1.165) is 5.56 Å². The molecule has 0 bridgehead atoms. The first-order valence-corrected chi connectivity index (χ1v) is 8.25. The lowest BCUT2D eigenvalue weighted by Crippen LogP contribution is -2.34. The largest absolute Gasteiger partial charge is 0.465 e. The predicted octanol–water partition coefficient (Wildman–Crippen LogP) is 2.15. The quantitative estimate of drug-likeness (QED) is 0.545. The Hall–Kier alpha value is -1.62. The lowest BCUT2D eigenvalue weighted by atomic mass is 10.1. The van der Waals surface area contributed by atoms with Gasteiger partial charge in [0.2, 0.25) is 0 Å². The maximum atomic E-state index is 12.1. The van der Waals surface area contributed by atoms with Gasteiger partial charge in [0.25, 0.3) is 0 Å². The summed E-state index contributed by atoms with van der Waals surface area (Å²) in [5.74, 6) is -0.893. The lowest BCUT2D eigenvalue weighted by molar-refractivity contribution is -0.142. The van der Waals surface area contributed by atoms with E-state index in [9.17, 15) is 13.2 Å². The van der Waals surface area contributed by atoms with Crippen molar-refractivity contribution in [2.24, 2.45) is 0 Å². The van der Waals surface area contributed by atoms with E-state index in [1.807, 2.05) is 30.3 Å². The van der Waals surface area contributed by atoms with Gasteiger partial charge in [-0.15, -0.1) is 6.58 Å². The molecule has 1 atom stereocenters. The monoisotopic (exact) mass is 296 g/mol. The molecule has 1 rings (SSSR count). The van der Waals surface area contributed by atoms with Crippen LogP contribution in [0.1, 0.15) is 18.9 Å². The second kappa shape index (κ2) is 7.85. The first-order valence-electron chi connectivity index (χ1n) is 6.54. The van der Waals surface area contributed by atoms with Crippen LogP contribution in [0.25, 0.3) is 0 Å². The number of carbonyl (C=O) groups is 1. The summed E-state index contributed by atoms with van der Waals surface area (Å²) in [7, 11) is -3.56. The predicted molar refractivity (Wildman–Crippen MR) is 79.2 cm³/mol. The zero-order valence-corrected chi connectivity index (χ0v) is 12.4. The average Bonchev–Trinajstić information content (AvgIpc) is 2.40. The van der Waals surface area contributed by atoms with E-state index in [-0.39, 0.29) is 18.8 Å². The standard InChI is InChI=1S/C15H20O4S/c1-3-12-20(17,18)14(15(16)19-4-2)11-10-13-8-6-5-7-9-13/h3,5-9,14H,1,4,10-12H2,2H3. The van der Waals surface area contributed by atoms with Gasteiger partial charge in [-0.25, -0.2) is 8.42 Å². The van der Waals surface area contributed by atoms with E-state index in [1.54, 1.807) is 6.92 Å². The van der Waals surface area contributed by atoms with Crippen LogP contribution in [0.3, 0.4) is 0 Å². The normalized spacial score (nSPS) is 12.7. The molecule has 0 amide bonds. The van der Waals surface area contributed by atoms with E-state index in [1.165, 1.54) is 6.08 Å². The smallest absolute Gasteiger partial charge is 0.324 e. The highest BCUT2D eigenvalue weighted by molar-refractivity contribution is 7.92. The molecule has 1 unspecified atom stereocenters. The molecular weight excluding hydrogens is 276 g/mol. The van der Waals surface area contributed by atoms with Crippen molar-refractivity contribution in [2.45, 2.75) is 25.0 Å². The number of benzene rings is 1. The summed E-state index contributed by atoms with van der Waals surface area (Å²) in [5, 5.41) is -1.12. The fraction of sp³-hybridized carbons (Fsp3) is 0.400. The molecule has 0 saturated carbocycles. The molecule has 0 spiro atoms. The molecule has 0 aliphatic rings.